The predicted molar refractivity (Wildman–Crippen MR) is 72.6 cm³/mol. The lowest BCUT2D eigenvalue weighted by Crippen LogP contribution is -2.34. The molecule has 1 aromatic rings. The lowest BCUT2D eigenvalue weighted by Gasteiger charge is -2.12. The number of hydrogen-bond acceptors (Lipinski definition) is 2. The minimum absolute atomic E-state index is 0.0715. The van der Waals surface area contributed by atoms with Crippen LogP contribution in [0.4, 0.5) is 5.69 Å². The Bertz CT molecular complexity index is 393. The van der Waals surface area contributed by atoms with E-state index in [-0.39, 0.29) is 5.91 Å². The van der Waals surface area contributed by atoms with Crippen molar-refractivity contribution in [3.05, 3.63) is 28.8 Å². The Morgan fingerprint density at radius 3 is 2.82 bits per heavy atom. The standard InChI is InChI=1S/C13H19ClN2O/c1-4-10(3)15-8-13(17)16-12-7-9(2)5-6-11(12)14/h5-7,10,15H,4,8H2,1-3H3,(H,16,17). The number of aryl methyl sites for hydroxylation is 1. The van der Waals surface area contributed by atoms with Crippen LogP contribution in [0.1, 0.15) is 25.8 Å². The average molecular weight is 255 g/mol. The molecule has 1 rings (SSSR count). The normalized spacial score (nSPS) is 12.2. The number of rotatable bonds is 5. The topological polar surface area (TPSA) is 41.1 Å². The number of carbonyl (C=O) groups is 1. The van der Waals surface area contributed by atoms with Crippen LogP contribution in [0.2, 0.25) is 5.02 Å². The van der Waals surface area contributed by atoms with Gasteiger partial charge in [0.1, 0.15) is 0 Å². The number of carbonyl (C=O) groups excluding carboxylic acids is 1. The Labute approximate surface area is 108 Å². The summed E-state index contributed by atoms with van der Waals surface area (Å²) in [7, 11) is 0. The maximum absolute atomic E-state index is 11.7. The van der Waals surface area contributed by atoms with Crippen LogP contribution in [0, 0.1) is 6.92 Å². The van der Waals surface area contributed by atoms with Gasteiger partial charge in [-0.2, -0.15) is 0 Å². The molecule has 0 fully saturated rings. The first kappa shape index (κ1) is 14.0. The first-order valence-corrected chi connectivity index (χ1v) is 6.20. The highest BCUT2D eigenvalue weighted by Crippen LogP contribution is 2.22. The Kier molecular flexibility index (Phi) is 5.45. The van der Waals surface area contributed by atoms with Gasteiger partial charge in [0.15, 0.2) is 0 Å². The molecule has 1 unspecified atom stereocenters. The molecule has 1 amide bonds. The molecular weight excluding hydrogens is 236 g/mol. The third-order valence-electron chi connectivity index (χ3n) is 2.62. The molecular formula is C13H19ClN2O. The summed E-state index contributed by atoms with van der Waals surface area (Å²) in [5.41, 5.74) is 1.74. The summed E-state index contributed by atoms with van der Waals surface area (Å²) in [4.78, 5) is 11.7. The Balaban J connectivity index is 2.53. The Morgan fingerprint density at radius 2 is 2.18 bits per heavy atom. The van der Waals surface area contributed by atoms with E-state index in [1.165, 1.54) is 0 Å². The van der Waals surface area contributed by atoms with E-state index < -0.39 is 0 Å². The van der Waals surface area contributed by atoms with E-state index in [4.69, 9.17) is 11.6 Å². The molecule has 0 radical (unpaired) electrons. The molecule has 0 saturated heterocycles. The van der Waals surface area contributed by atoms with Gasteiger partial charge in [0.25, 0.3) is 0 Å². The molecule has 3 nitrogen and oxygen atoms in total. The summed E-state index contributed by atoms with van der Waals surface area (Å²) in [5, 5.41) is 6.49. The maximum Gasteiger partial charge on any atom is 0.238 e. The second-order valence-corrected chi connectivity index (χ2v) is 4.63. The SMILES string of the molecule is CCC(C)NCC(=O)Nc1cc(C)ccc1Cl. The molecule has 2 N–H and O–H groups in total. The zero-order chi connectivity index (χ0) is 12.8. The quantitative estimate of drug-likeness (QED) is 0.848. The highest BCUT2D eigenvalue weighted by molar-refractivity contribution is 6.33. The van der Waals surface area contributed by atoms with E-state index in [0.717, 1.165) is 12.0 Å². The van der Waals surface area contributed by atoms with Gasteiger partial charge in [-0.05, 0) is 38.0 Å². The van der Waals surface area contributed by atoms with Crippen molar-refractivity contribution in [2.45, 2.75) is 33.2 Å². The minimum Gasteiger partial charge on any atom is -0.324 e. The predicted octanol–water partition coefficient (Wildman–Crippen LogP) is 2.98. The first-order valence-electron chi connectivity index (χ1n) is 5.82. The Hall–Kier alpha value is -1.06. The summed E-state index contributed by atoms with van der Waals surface area (Å²) in [6, 6.07) is 5.90. The van der Waals surface area contributed by atoms with Crippen molar-refractivity contribution in [3.8, 4) is 0 Å². The lowest BCUT2D eigenvalue weighted by molar-refractivity contribution is -0.115. The highest BCUT2D eigenvalue weighted by Gasteiger charge is 2.07. The molecule has 0 saturated carbocycles. The molecule has 0 heterocycles. The Morgan fingerprint density at radius 1 is 1.47 bits per heavy atom. The van der Waals surface area contributed by atoms with Crippen LogP contribution >= 0.6 is 11.6 Å². The van der Waals surface area contributed by atoms with E-state index in [1.54, 1.807) is 6.07 Å². The van der Waals surface area contributed by atoms with Crippen LogP contribution in [0.25, 0.3) is 0 Å². The second kappa shape index (κ2) is 6.62. The number of hydrogen-bond donors (Lipinski definition) is 2. The van der Waals surface area contributed by atoms with Crippen LogP contribution in [-0.2, 0) is 4.79 Å². The number of amides is 1. The van der Waals surface area contributed by atoms with Gasteiger partial charge in [0.2, 0.25) is 5.91 Å². The van der Waals surface area contributed by atoms with Crippen molar-refractivity contribution in [3.63, 3.8) is 0 Å². The fraction of sp³-hybridized carbons (Fsp3) is 0.462. The summed E-state index contributed by atoms with van der Waals surface area (Å²) in [6.45, 7) is 6.39. The van der Waals surface area contributed by atoms with Crippen LogP contribution in [0.3, 0.4) is 0 Å². The van der Waals surface area contributed by atoms with Crippen molar-refractivity contribution in [2.24, 2.45) is 0 Å². The fourth-order valence-electron chi connectivity index (χ4n) is 1.34. The minimum atomic E-state index is -0.0715. The maximum atomic E-state index is 11.7. The monoisotopic (exact) mass is 254 g/mol. The van der Waals surface area contributed by atoms with E-state index >= 15 is 0 Å². The number of nitrogens with one attached hydrogen (secondary N) is 2. The van der Waals surface area contributed by atoms with Gasteiger partial charge >= 0.3 is 0 Å². The van der Waals surface area contributed by atoms with Gasteiger partial charge in [0.05, 0.1) is 17.3 Å². The van der Waals surface area contributed by atoms with Crippen LogP contribution in [0.15, 0.2) is 18.2 Å². The molecule has 0 aliphatic rings. The number of anilines is 1. The smallest absolute Gasteiger partial charge is 0.238 e. The molecule has 4 heteroatoms. The third-order valence-corrected chi connectivity index (χ3v) is 2.95. The molecule has 0 aliphatic carbocycles. The lowest BCUT2D eigenvalue weighted by atomic mass is 10.2. The number of halogens is 1. The highest BCUT2D eigenvalue weighted by atomic mass is 35.5. The average Bonchev–Trinajstić information content (AvgIpc) is 2.30. The van der Waals surface area contributed by atoms with Gasteiger partial charge in [-0.25, -0.2) is 0 Å². The molecule has 0 aromatic heterocycles. The van der Waals surface area contributed by atoms with E-state index in [2.05, 4.69) is 17.6 Å². The van der Waals surface area contributed by atoms with Gasteiger partial charge in [-0.1, -0.05) is 24.6 Å². The molecule has 0 bridgehead atoms. The van der Waals surface area contributed by atoms with Crippen molar-refractivity contribution < 1.29 is 4.79 Å². The molecule has 1 aromatic carbocycles. The van der Waals surface area contributed by atoms with Crippen molar-refractivity contribution in [1.82, 2.24) is 5.32 Å². The van der Waals surface area contributed by atoms with Crippen LogP contribution < -0.4 is 10.6 Å². The van der Waals surface area contributed by atoms with E-state index in [9.17, 15) is 4.79 Å². The zero-order valence-electron chi connectivity index (χ0n) is 10.5. The summed E-state index contributed by atoms with van der Waals surface area (Å²) in [6.07, 6.45) is 0.998. The van der Waals surface area contributed by atoms with Gasteiger partial charge in [-0.3, -0.25) is 4.79 Å². The van der Waals surface area contributed by atoms with E-state index in [0.29, 0.717) is 23.3 Å². The summed E-state index contributed by atoms with van der Waals surface area (Å²) in [5.74, 6) is -0.0715. The first-order chi connectivity index (χ1) is 8.02. The van der Waals surface area contributed by atoms with Crippen LogP contribution in [0.5, 0.6) is 0 Å². The van der Waals surface area contributed by atoms with Crippen LogP contribution in [-0.4, -0.2) is 18.5 Å². The summed E-state index contributed by atoms with van der Waals surface area (Å²) < 4.78 is 0. The molecule has 94 valence electrons. The molecule has 1 atom stereocenters. The van der Waals surface area contributed by atoms with Crippen molar-refractivity contribution in [2.75, 3.05) is 11.9 Å². The van der Waals surface area contributed by atoms with Crippen molar-refractivity contribution >= 4 is 23.2 Å². The third kappa shape index (κ3) is 4.75. The molecule has 17 heavy (non-hydrogen) atoms. The second-order valence-electron chi connectivity index (χ2n) is 4.22. The summed E-state index contributed by atoms with van der Waals surface area (Å²) >= 11 is 6.00. The largest absolute Gasteiger partial charge is 0.324 e. The molecule has 0 aliphatic heterocycles. The zero-order valence-corrected chi connectivity index (χ0v) is 11.3. The van der Waals surface area contributed by atoms with Gasteiger partial charge < -0.3 is 10.6 Å². The van der Waals surface area contributed by atoms with Gasteiger partial charge in [-0.15, -0.1) is 0 Å². The molecule has 0 spiro atoms. The van der Waals surface area contributed by atoms with Gasteiger partial charge in [0, 0.05) is 6.04 Å². The fourth-order valence-corrected chi connectivity index (χ4v) is 1.51. The number of benzene rings is 1. The van der Waals surface area contributed by atoms with E-state index in [1.807, 2.05) is 26.0 Å². The van der Waals surface area contributed by atoms with Crippen molar-refractivity contribution in [1.29, 1.82) is 0 Å².